The molecule has 156 valence electrons. The van der Waals surface area contributed by atoms with Crippen LogP contribution in [0.5, 0.6) is 0 Å². The van der Waals surface area contributed by atoms with E-state index >= 15 is 0 Å². The van der Waals surface area contributed by atoms with Gasteiger partial charge in [0.15, 0.2) is 5.82 Å². The Kier molecular flexibility index (Phi) is 4.85. The third-order valence-corrected chi connectivity index (χ3v) is 7.02. The standard InChI is InChI=1S/C26H21N5S/c1-2-7-18(8-3-1)23-15-21-25(31-14-6-11-22(31)19-9-4-12-27-16-19)29-24(30-26(21)32-23)20-10-5-13-28-17-20/h1-5,7-10,12-13,15-17,22H,6,11,14H2. The molecule has 1 fully saturated rings. The Morgan fingerprint density at radius 1 is 0.844 bits per heavy atom. The van der Waals surface area contributed by atoms with Crippen molar-refractivity contribution in [2.75, 3.05) is 11.4 Å². The molecule has 32 heavy (non-hydrogen) atoms. The van der Waals surface area contributed by atoms with Gasteiger partial charge in [0.1, 0.15) is 10.6 Å². The first kappa shape index (κ1) is 19.1. The van der Waals surface area contributed by atoms with Gasteiger partial charge in [-0.2, -0.15) is 0 Å². The van der Waals surface area contributed by atoms with E-state index in [4.69, 9.17) is 9.97 Å². The minimum atomic E-state index is 0.267. The summed E-state index contributed by atoms with van der Waals surface area (Å²) in [5, 5.41) is 1.11. The van der Waals surface area contributed by atoms with E-state index in [2.05, 4.69) is 51.3 Å². The number of fused-ring (bicyclic) bond motifs is 1. The summed E-state index contributed by atoms with van der Waals surface area (Å²) in [7, 11) is 0. The summed E-state index contributed by atoms with van der Waals surface area (Å²) in [5.74, 6) is 1.72. The van der Waals surface area contributed by atoms with Crippen molar-refractivity contribution in [2.24, 2.45) is 0 Å². The van der Waals surface area contributed by atoms with Gasteiger partial charge in [0, 0.05) is 41.8 Å². The van der Waals surface area contributed by atoms with E-state index < -0.39 is 0 Å². The van der Waals surface area contributed by atoms with Gasteiger partial charge in [-0.25, -0.2) is 9.97 Å². The number of aromatic nitrogens is 4. The molecule has 4 aromatic heterocycles. The summed E-state index contributed by atoms with van der Waals surface area (Å²) in [5.41, 5.74) is 3.37. The van der Waals surface area contributed by atoms with E-state index in [0.717, 1.165) is 46.8 Å². The highest BCUT2D eigenvalue weighted by atomic mass is 32.1. The van der Waals surface area contributed by atoms with Crippen LogP contribution in [-0.2, 0) is 0 Å². The van der Waals surface area contributed by atoms with Crippen molar-refractivity contribution in [3.05, 3.63) is 91.0 Å². The molecule has 5 aromatic rings. The Balaban J connectivity index is 1.54. The average Bonchev–Trinajstić information content (AvgIpc) is 3.53. The Morgan fingerprint density at radius 3 is 2.44 bits per heavy atom. The molecule has 0 saturated carbocycles. The van der Waals surface area contributed by atoms with Crippen LogP contribution >= 0.6 is 11.3 Å². The average molecular weight is 436 g/mol. The third kappa shape index (κ3) is 3.42. The summed E-state index contributed by atoms with van der Waals surface area (Å²) in [6.07, 6.45) is 9.64. The minimum Gasteiger partial charge on any atom is -0.349 e. The number of nitrogens with zero attached hydrogens (tertiary/aromatic N) is 5. The Morgan fingerprint density at radius 2 is 1.66 bits per heavy atom. The second-order valence-corrected chi connectivity index (χ2v) is 8.98. The molecule has 0 radical (unpaired) electrons. The monoisotopic (exact) mass is 435 g/mol. The zero-order valence-electron chi connectivity index (χ0n) is 17.4. The van der Waals surface area contributed by atoms with E-state index in [1.54, 1.807) is 17.5 Å². The fourth-order valence-corrected chi connectivity index (χ4v) is 5.47. The molecule has 0 amide bonds. The Labute approximate surface area is 190 Å². The van der Waals surface area contributed by atoms with Crippen molar-refractivity contribution in [1.29, 1.82) is 0 Å². The largest absolute Gasteiger partial charge is 0.349 e. The molecule has 5 nitrogen and oxygen atoms in total. The normalized spacial score (nSPS) is 16.0. The topological polar surface area (TPSA) is 54.8 Å². The summed E-state index contributed by atoms with van der Waals surface area (Å²) >= 11 is 1.72. The zero-order valence-corrected chi connectivity index (χ0v) is 18.2. The fourth-order valence-electron chi connectivity index (χ4n) is 4.43. The minimum absolute atomic E-state index is 0.267. The zero-order chi connectivity index (χ0) is 21.3. The van der Waals surface area contributed by atoms with Crippen LogP contribution < -0.4 is 4.90 Å². The fraction of sp³-hybridized carbons (Fsp3) is 0.154. The van der Waals surface area contributed by atoms with Crippen LogP contribution in [0.1, 0.15) is 24.4 Å². The molecule has 1 unspecified atom stereocenters. The van der Waals surface area contributed by atoms with Gasteiger partial charge in [-0.1, -0.05) is 36.4 Å². The van der Waals surface area contributed by atoms with Crippen LogP contribution in [0.15, 0.2) is 85.5 Å². The molecule has 5 heterocycles. The molecular formula is C26H21N5S. The van der Waals surface area contributed by atoms with Crippen LogP contribution in [0.3, 0.4) is 0 Å². The lowest BCUT2D eigenvalue weighted by atomic mass is 10.1. The van der Waals surface area contributed by atoms with Crippen molar-refractivity contribution in [3.63, 3.8) is 0 Å². The second kappa shape index (κ2) is 8.13. The van der Waals surface area contributed by atoms with Gasteiger partial charge in [-0.3, -0.25) is 9.97 Å². The predicted octanol–water partition coefficient (Wildman–Crippen LogP) is 6.16. The van der Waals surface area contributed by atoms with Gasteiger partial charge in [0.25, 0.3) is 0 Å². The molecule has 1 saturated heterocycles. The molecule has 6 rings (SSSR count). The van der Waals surface area contributed by atoms with Crippen LogP contribution in [0.2, 0.25) is 0 Å². The molecule has 1 aromatic carbocycles. The van der Waals surface area contributed by atoms with Crippen LogP contribution in [0.25, 0.3) is 32.0 Å². The lowest BCUT2D eigenvalue weighted by Crippen LogP contribution is -2.24. The second-order valence-electron chi connectivity index (χ2n) is 7.95. The van der Waals surface area contributed by atoms with Gasteiger partial charge >= 0.3 is 0 Å². The lowest BCUT2D eigenvalue weighted by molar-refractivity contribution is 0.710. The molecule has 1 atom stereocenters. The molecule has 0 aliphatic carbocycles. The number of anilines is 1. The molecule has 1 aliphatic rings. The van der Waals surface area contributed by atoms with Gasteiger partial charge in [0.2, 0.25) is 0 Å². The lowest BCUT2D eigenvalue weighted by Gasteiger charge is -2.26. The quantitative estimate of drug-likeness (QED) is 0.338. The molecular weight excluding hydrogens is 414 g/mol. The molecule has 6 heteroatoms. The number of pyridine rings is 2. The molecule has 0 bridgehead atoms. The van der Waals surface area contributed by atoms with Gasteiger partial charge < -0.3 is 4.90 Å². The summed E-state index contributed by atoms with van der Waals surface area (Å²) < 4.78 is 0. The molecule has 0 N–H and O–H groups in total. The number of hydrogen-bond acceptors (Lipinski definition) is 6. The van der Waals surface area contributed by atoms with E-state index in [1.807, 2.05) is 42.9 Å². The van der Waals surface area contributed by atoms with E-state index in [-0.39, 0.29) is 6.04 Å². The highest BCUT2D eigenvalue weighted by molar-refractivity contribution is 7.22. The van der Waals surface area contributed by atoms with Crippen LogP contribution in [0, 0.1) is 0 Å². The Hall–Kier alpha value is -3.64. The maximum Gasteiger partial charge on any atom is 0.164 e. The first-order chi connectivity index (χ1) is 15.9. The number of hydrogen-bond donors (Lipinski definition) is 0. The van der Waals surface area contributed by atoms with Crippen molar-refractivity contribution >= 4 is 27.4 Å². The van der Waals surface area contributed by atoms with E-state index in [1.165, 1.54) is 16.0 Å². The SMILES string of the molecule is c1ccc(-c2cc3c(N4CCCC4c4cccnc4)nc(-c4cccnc4)nc3s2)cc1. The van der Waals surface area contributed by atoms with Crippen molar-refractivity contribution in [3.8, 4) is 21.8 Å². The maximum absolute atomic E-state index is 5.10. The highest BCUT2D eigenvalue weighted by Crippen LogP contribution is 2.42. The number of rotatable bonds is 4. The van der Waals surface area contributed by atoms with Gasteiger partial charge in [-0.15, -0.1) is 11.3 Å². The summed E-state index contributed by atoms with van der Waals surface area (Å²) in [4.78, 5) is 23.3. The van der Waals surface area contributed by atoms with E-state index in [9.17, 15) is 0 Å². The number of benzene rings is 1. The van der Waals surface area contributed by atoms with E-state index in [0.29, 0.717) is 0 Å². The van der Waals surface area contributed by atoms with Crippen molar-refractivity contribution in [2.45, 2.75) is 18.9 Å². The van der Waals surface area contributed by atoms with Crippen molar-refractivity contribution < 1.29 is 0 Å². The summed E-state index contributed by atoms with van der Waals surface area (Å²) in [6.45, 7) is 0.967. The van der Waals surface area contributed by atoms with Gasteiger partial charge in [-0.05, 0) is 48.2 Å². The van der Waals surface area contributed by atoms with Crippen LogP contribution in [-0.4, -0.2) is 26.5 Å². The molecule has 1 aliphatic heterocycles. The number of thiophene rings is 1. The van der Waals surface area contributed by atoms with Crippen LogP contribution in [0.4, 0.5) is 5.82 Å². The predicted molar refractivity (Wildman–Crippen MR) is 130 cm³/mol. The first-order valence-electron chi connectivity index (χ1n) is 10.8. The smallest absolute Gasteiger partial charge is 0.164 e. The Bertz CT molecular complexity index is 1350. The summed E-state index contributed by atoms with van der Waals surface area (Å²) in [6, 6.07) is 21.1. The van der Waals surface area contributed by atoms with Crippen molar-refractivity contribution in [1.82, 2.24) is 19.9 Å². The maximum atomic E-state index is 5.10. The van der Waals surface area contributed by atoms with Gasteiger partial charge in [0.05, 0.1) is 11.4 Å². The molecule has 0 spiro atoms. The third-order valence-electron chi connectivity index (χ3n) is 5.94. The first-order valence-corrected chi connectivity index (χ1v) is 11.6. The highest BCUT2D eigenvalue weighted by Gasteiger charge is 2.30.